The molecule has 2 N–H and O–H groups in total. The van der Waals surface area contributed by atoms with Gasteiger partial charge in [-0.25, -0.2) is 9.48 Å². The molecule has 0 saturated heterocycles. The van der Waals surface area contributed by atoms with Gasteiger partial charge in [0.1, 0.15) is 6.33 Å². The smallest absolute Gasteiger partial charge is 0.330 e. The molecule has 104 valence electrons. The lowest BCUT2D eigenvalue weighted by atomic mass is 10.1. The maximum atomic E-state index is 11.3. The molecular formula is C13H15N5O2. The highest BCUT2D eigenvalue weighted by Crippen LogP contribution is 2.22. The molecule has 0 radical (unpaired) electrons. The lowest BCUT2D eigenvalue weighted by Crippen LogP contribution is -2.02. The lowest BCUT2D eigenvalue weighted by Gasteiger charge is -2.08. The Morgan fingerprint density at radius 2 is 2.30 bits per heavy atom. The second-order valence-electron chi connectivity index (χ2n) is 4.11. The Morgan fingerprint density at radius 3 is 2.95 bits per heavy atom. The summed E-state index contributed by atoms with van der Waals surface area (Å²) in [5.74, 6) is -0.405. The molecule has 0 bridgehead atoms. The maximum Gasteiger partial charge on any atom is 0.330 e. The summed E-state index contributed by atoms with van der Waals surface area (Å²) in [6.45, 7) is 3.97. The molecule has 0 aliphatic rings. The van der Waals surface area contributed by atoms with Crippen molar-refractivity contribution >= 4 is 17.7 Å². The molecule has 1 aromatic carbocycles. The van der Waals surface area contributed by atoms with Crippen molar-refractivity contribution in [3.63, 3.8) is 0 Å². The van der Waals surface area contributed by atoms with Crippen molar-refractivity contribution in [1.82, 2.24) is 20.2 Å². The molecule has 20 heavy (non-hydrogen) atoms. The number of aromatic nitrogens is 4. The third-order valence-corrected chi connectivity index (χ3v) is 2.70. The van der Waals surface area contributed by atoms with Gasteiger partial charge in [0.15, 0.2) is 0 Å². The Morgan fingerprint density at radius 1 is 1.50 bits per heavy atom. The summed E-state index contributed by atoms with van der Waals surface area (Å²) in [4.78, 5) is 11.3. The number of tetrazole rings is 1. The zero-order chi connectivity index (χ0) is 14.5. The number of carbonyl (C=O) groups excluding carboxylic acids is 1. The molecule has 1 aromatic heterocycles. The molecule has 0 amide bonds. The number of carbonyl (C=O) groups is 1. The Labute approximate surface area is 116 Å². The van der Waals surface area contributed by atoms with Gasteiger partial charge >= 0.3 is 5.97 Å². The van der Waals surface area contributed by atoms with Crippen molar-refractivity contribution in [2.45, 2.75) is 13.8 Å². The Balaban J connectivity index is 2.35. The minimum Gasteiger partial charge on any atom is -0.463 e. The summed E-state index contributed by atoms with van der Waals surface area (Å²) in [6, 6.07) is 3.67. The molecule has 7 nitrogen and oxygen atoms in total. The summed E-state index contributed by atoms with van der Waals surface area (Å²) in [5.41, 5.74) is 8.96. The molecule has 2 aromatic rings. The highest BCUT2D eigenvalue weighted by Gasteiger charge is 2.06. The summed E-state index contributed by atoms with van der Waals surface area (Å²) in [7, 11) is 0. The van der Waals surface area contributed by atoms with Crippen LogP contribution < -0.4 is 5.73 Å². The molecule has 0 spiro atoms. The van der Waals surface area contributed by atoms with E-state index in [2.05, 4.69) is 15.5 Å². The van der Waals surface area contributed by atoms with E-state index in [0.29, 0.717) is 17.9 Å². The van der Waals surface area contributed by atoms with Crippen molar-refractivity contribution in [2.75, 3.05) is 12.3 Å². The van der Waals surface area contributed by atoms with Crippen LogP contribution in [-0.2, 0) is 9.53 Å². The van der Waals surface area contributed by atoms with E-state index in [0.717, 1.165) is 11.3 Å². The number of nitrogens with two attached hydrogens (primary N) is 1. The minimum absolute atomic E-state index is 0.336. The van der Waals surface area contributed by atoms with Crippen LogP contribution in [0.4, 0.5) is 5.69 Å². The first kappa shape index (κ1) is 13.7. The monoisotopic (exact) mass is 273 g/mol. The van der Waals surface area contributed by atoms with Gasteiger partial charge < -0.3 is 10.5 Å². The van der Waals surface area contributed by atoms with Gasteiger partial charge in [-0.1, -0.05) is 0 Å². The quantitative estimate of drug-likeness (QED) is 0.509. The molecule has 7 heteroatoms. The predicted octanol–water partition coefficient (Wildman–Crippen LogP) is 1.13. The van der Waals surface area contributed by atoms with Crippen LogP contribution in [0.5, 0.6) is 0 Å². The van der Waals surface area contributed by atoms with E-state index in [9.17, 15) is 4.79 Å². The first-order valence-electron chi connectivity index (χ1n) is 6.10. The first-order chi connectivity index (χ1) is 9.61. The Bertz CT molecular complexity index is 634. The van der Waals surface area contributed by atoms with Crippen LogP contribution >= 0.6 is 0 Å². The fourth-order valence-corrected chi connectivity index (χ4v) is 1.70. The van der Waals surface area contributed by atoms with Crippen molar-refractivity contribution in [2.24, 2.45) is 0 Å². The van der Waals surface area contributed by atoms with Crippen LogP contribution in [0.15, 0.2) is 24.5 Å². The zero-order valence-corrected chi connectivity index (χ0v) is 11.3. The zero-order valence-electron chi connectivity index (χ0n) is 11.3. The number of esters is 1. The van der Waals surface area contributed by atoms with Crippen LogP contribution in [-0.4, -0.2) is 32.8 Å². The van der Waals surface area contributed by atoms with Gasteiger partial charge in [0.05, 0.1) is 12.3 Å². The number of nitrogen functional groups attached to an aromatic ring is 1. The maximum absolute atomic E-state index is 11.3. The fourth-order valence-electron chi connectivity index (χ4n) is 1.70. The Hall–Kier alpha value is -2.70. The van der Waals surface area contributed by atoms with Gasteiger partial charge in [-0.05, 0) is 48.0 Å². The number of hydrogen-bond acceptors (Lipinski definition) is 6. The first-order valence-corrected chi connectivity index (χ1v) is 6.10. The molecule has 0 atom stereocenters. The van der Waals surface area contributed by atoms with E-state index < -0.39 is 5.97 Å². The standard InChI is InChI=1S/C13H15N5O2/c1-3-20-12(19)5-4-10-7-11(6-9(2)13(10)14)18-8-15-16-17-18/h4-8H,3,14H2,1-2H3. The van der Waals surface area contributed by atoms with Crippen molar-refractivity contribution < 1.29 is 9.53 Å². The van der Waals surface area contributed by atoms with Gasteiger partial charge in [0, 0.05) is 17.3 Å². The van der Waals surface area contributed by atoms with E-state index in [4.69, 9.17) is 10.5 Å². The van der Waals surface area contributed by atoms with E-state index >= 15 is 0 Å². The summed E-state index contributed by atoms with van der Waals surface area (Å²) in [5, 5.41) is 11.0. The minimum atomic E-state index is -0.405. The SMILES string of the molecule is CCOC(=O)C=Cc1cc(-n2cnnn2)cc(C)c1N. The van der Waals surface area contributed by atoms with Crippen LogP contribution in [0, 0.1) is 6.92 Å². The Kier molecular flexibility index (Phi) is 4.09. The highest BCUT2D eigenvalue weighted by molar-refractivity contribution is 5.88. The van der Waals surface area contributed by atoms with E-state index in [1.165, 1.54) is 17.1 Å². The summed E-state index contributed by atoms with van der Waals surface area (Å²) >= 11 is 0. The average molecular weight is 273 g/mol. The molecule has 1 heterocycles. The van der Waals surface area contributed by atoms with Crippen LogP contribution in [0.2, 0.25) is 0 Å². The van der Waals surface area contributed by atoms with Crippen molar-refractivity contribution in [3.8, 4) is 5.69 Å². The number of anilines is 1. The normalized spacial score (nSPS) is 10.9. The van der Waals surface area contributed by atoms with Gasteiger partial charge in [0.2, 0.25) is 0 Å². The second-order valence-corrected chi connectivity index (χ2v) is 4.11. The van der Waals surface area contributed by atoms with E-state index in [1.54, 1.807) is 19.1 Å². The van der Waals surface area contributed by atoms with Gasteiger partial charge in [0.25, 0.3) is 0 Å². The molecule has 0 unspecified atom stereocenters. The second kappa shape index (κ2) is 5.96. The van der Waals surface area contributed by atoms with E-state index in [1.807, 2.05) is 13.0 Å². The van der Waals surface area contributed by atoms with Crippen molar-refractivity contribution in [3.05, 3.63) is 35.7 Å². The number of hydrogen-bond donors (Lipinski definition) is 1. The highest BCUT2D eigenvalue weighted by atomic mass is 16.5. The topological polar surface area (TPSA) is 95.9 Å². The van der Waals surface area contributed by atoms with Crippen molar-refractivity contribution in [1.29, 1.82) is 0 Å². The fraction of sp³-hybridized carbons (Fsp3) is 0.231. The summed E-state index contributed by atoms with van der Waals surface area (Å²) in [6.07, 6.45) is 4.45. The molecule has 0 fully saturated rings. The molecule has 2 rings (SSSR count). The molecule has 0 aliphatic carbocycles. The van der Waals surface area contributed by atoms with Gasteiger partial charge in [-0.3, -0.25) is 0 Å². The van der Waals surface area contributed by atoms with E-state index in [-0.39, 0.29) is 0 Å². The lowest BCUT2D eigenvalue weighted by molar-refractivity contribution is -0.137. The molecular weight excluding hydrogens is 258 g/mol. The number of nitrogens with zero attached hydrogens (tertiary/aromatic N) is 4. The number of benzene rings is 1. The average Bonchev–Trinajstić information content (AvgIpc) is 2.94. The predicted molar refractivity (Wildman–Crippen MR) is 74.0 cm³/mol. The van der Waals surface area contributed by atoms with Gasteiger partial charge in [-0.15, -0.1) is 5.10 Å². The van der Waals surface area contributed by atoms with Gasteiger partial charge in [-0.2, -0.15) is 0 Å². The van der Waals surface area contributed by atoms with Crippen LogP contribution in [0.3, 0.4) is 0 Å². The van der Waals surface area contributed by atoms with Crippen LogP contribution in [0.1, 0.15) is 18.1 Å². The number of aryl methyl sites for hydroxylation is 1. The summed E-state index contributed by atoms with van der Waals surface area (Å²) < 4.78 is 6.35. The number of rotatable bonds is 4. The largest absolute Gasteiger partial charge is 0.463 e. The number of ether oxygens (including phenoxy) is 1. The van der Waals surface area contributed by atoms with Crippen LogP contribution in [0.25, 0.3) is 11.8 Å². The molecule has 0 saturated carbocycles. The third-order valence-electron chi connectivity index (χ3n) is 2.70. The third kappa shape index (κ3) is 3.00. The molecule has 0 aliphatic heterocycles.